The summed E-state index contributed by atoms with van der Waals surface area (Å²) < 4.78 is 0. The minimum absolute atomic E-state index is 0.0620. The molecule has 0 aliphatic carbocycles. The molecule has 1 heterocycles. The van der Waals surface area contributed by atoms with Crippen LogP contribution in [0.4, 0.5) is 0 Å². The Labute approximate surface area is 92.4 Å². The Kier molecular flexibility index (Phi) is 4.03. The van der Waals surface area contributed by atoms with Gasteiger partial charge in [-0.15, -0.1) is 0 Å². The highest BCUT2D eigenvalue weighted by molar-refractivity contribution is 5.82. The quantitative estimate of drug-likeness (QED) is 0.704. The van der Waals surface area contributed by atoms with E-state index in [1.165, 1.54) is 0 Å². The number of aromatic nitrogens is 1. The van der Waals surface area contributed by atoms with Gasteiger partial charge >= 0.3 is 0 Å². The van der Waals surface area contributed by atoms with Crippen molar-refractivity contribution in [2.45, 2.75) is 0 Å². The number of rotatable bonds is 1. The number of fused-ring (bicyclic) bond motifs is 1. The normalized spacial score (nSPS) is 9.00. The van der Waals surface area contributed by atoms with Gasteiger partial charge in [0.25, 0.3) is 5.56 Å². The molecule has 1 aromatic heterocycles. The maximum Gasteiger partial charge on any atom is 0.256 e. The van der Waals surface area contributed by atoms with Crippen LogP contribution in [0.25, 0.3) is 16.8 Å². The van der Waals surface area contributed by atoms with Crippen LogP contribution in [0.3, 0.4) is 0 Å². The van der Waals surface area contributed by atoms with E-state index in [1.807, 2.05) is 24.3 Å². The highest BCUT2D eigenvalue weighted by atomic mass is 16.1. The lowest BCUT2D eigenvalue weighted by Gasteiger charge is -1.97. The van der Waals surface area contributed by atoms with Crippen LogP contribution in [0.5, 0.6) is 0 Å². The van der Waals surface area contributed by atoms with E-state index in [4.69, 9.17) is 4.79 Å². The third-order valence-corrected chi connectivity index (χ3v) is 1.99. The van der Waals surface area contributed by atoms with E-state index in [-0.39, 0.29) is 12.0 Å². The molecule has 0 aliphatic heterocycles. The van der Waals surface area contributed by atoms with Crippen LogP contribution < -0.4 is 11.3 Å². The second kappa shape index (κ2) is 5.50. The van der Waals surface area contributed by atoms with E-state index in [0.29, 0.717) is 5.39 Å². The van der Waals surface area contributed by atoms with Gasteiger partial charge in [0.2, 0.25) is 6.41 Å². The van der Waals surface area contributed by atoms with E-state index < -0.39 is 0 Å². The number of pyridine rings is 1. The van der Waals surface area contributed by atoms with Gasteiger partial charge in [0.15, 0.2) is 0 Å². The fourth-order valence-electron chi connectivity index (χ4n) is 1.34. The zero-order chi connectivity index (χ0) is 12.0. The van der Waals surface area contributed by atoms with Crippen LogP contribution in [0.15, 0.2) is 41.7 Å². The molecule has 2 rings (SSSR count). The molecule has 3 N–H and O–H groups in total. The molecule has 1 aromatic carbocycles. The van der Waals surface area contributed by atoms with Crippen LogP contribution in [-0.2, 0) is 4.79 Å². The molecule has 1 amide bonds. The Bertz CT molecular complexity index is 558. The molecule has 0 saturated carbocycles. The number of H-pyrrole nitrogens is 1. The van der Waals surface area contributed by atoms with Crippen molar-refractivity contribution in [2.24, 2.45) is 5.73 Å². The number of amides is 1. The fourth-order valence-corrected chi connectivity index (χ4v) is 1.34. The molecular weight excluding hydrogens is 204 g/mol. The summed E-state index contributed by atoms with van der Waals surface area (Å²) in [6, 6.07) is 9.39. The van der Waals surface area contributed by atoms with E-state index in [9.17, 15) is 4.79 Å². The summed E-state index contributed by atoms with van der Waals surface area (Å²) in [4.78, 5) is 22.8. The first-order valence-corrected chi connectivity index (χ1v) is 4.62. The first-order valence-electron chi connectivity index (χ1n) is 4.62. The molecule has 2 aromatic rings. The minimum atomic E-state index is -0.0620. The number of carbonyl (C=O) groups is 1. The molecule has 0 bridgehead atoms. The van der Waals surface area contributed by atoms with E-state index in [2.05, 4.69) is 17.3 Å². The van der Waals surface area contributed by atoms with Crippen LogP contribution in [0.2, 0.25) is 0 Å². The smallest absolute Gasteiger partial charge is 0.256 e. The van der Waals surface area contributed by atoms with Gasteiger partial charge < -0.3 is 10.7 Å². The summed E-state index contributed by atoms with van der Waals surface area (Å²) in [5.74, 6) is 0. The monoisotopic (exact) mass is 216 g/mol. The van der Waals surface area contributed by atoms with Gasteiger partial charge in [-0.2, -0.15) is 0 Å². The Morgan fingerprint density at radius 3 is 2.56 bits per heavy atom. The number of primary amides is 1. The lowest BCUT2D eigenvalue weighted by Crippen LogP contribution is -2.06. The van der Waals surface area contributed by atoms with Crippen molar-refractivity contribution in [1.29, 1.82) is 0 Å². The molecule has 16 heavy (non-hydrogen) atoms. The molecule has 0 atom stereocenters. The topological polar surface area (TPSA) is 75.9 Å². The minimum Gasteiger partial charge on any atom is -0.372 e. The largest absolute Gasteiger partial charge is 0.372 e. The summed E-state index contributed by atoms with van der Waals surface area (Å²) in [7, 11) is 0. The molecule has 4 nitrogen and oxygen atoms in total. The number of aromatic amines is 1. The summed E-state index contributed by atoms with van der Waals surface area (Å²) in [5.41, 5.74) is 4.86. The summed E-state index contributed by atoms with van der Waals surface area (Å²) >= 11 is 0. The molecule has 0 fully saturated rings. The van der Waals surface area contributed by atoms with Gasteiger partial charge in [0.05, 0.1) is 0 Å². The highest BCUT2D eigenvalue weighted by Gasteiger charge is 1.97. The maximum absolute atomic E-state index is 11.5. The Balaban J connectivity index is 0.000000386. The third-order valence-electron chi connectivity index (χ3n) is 1.99. The number of carbonyl (C=O) groups excluding carboxylic acids is 1. The molecule has 0 unspecified atom stereocenters. The van der Waals surface area contributed by atoms with Crippen LogP contribution in [0.1, 0.15) is 5.69 Å². The molecule has 0 saturated heterocycles. The molecule has 4 heteroatoms. The van der Waals surface area contributed by atoms with Crippen molar-refractivity contribution >= 4 is 23.3 Å². The predicted molar refractivity (Wildman–Crippen MR) is 64.9 cm³/mol. The lowest BCUT2D eigenvalue weighted by molar-refractivity contribution is -0.106. The van der Waals surface area contributed by atoms with Crippen molar-refractivity contribution in [3.8, 4) is 0 Å². The fraction of sp³-hybridized carbons (Fsp3) is 0. The van der Waals surface area contributed by atoms with Crippen LogP contribution in [0, 0.1) is 0 Å². The van der Waals surface area contributed by atoms with E-state index >= 15 is 0 Å². The van der Waals surface area contributed by atoms with E-state index in [0.717, 1.165) is 11.1 Å². The van der Waals surface area contributed by atoms with Crippen LogP contribution in [-0.4, -0.2) is 11.4 Å². The zero-order valence-corrected chi connectivity index (χ0v) is 8.64. The standard InChI is InChI=1S/C11H9NO.CH3NO/c1-2-9-7-8-5-3-4-6-10(8)11(13)12-9;2-1-3/h2-7H,1H2,(H,12,13);1H,(H2,2,3). The average molecular weight is 216 g/mol. The summed E-state index contributed by atoms with van der Waals surface area (Å²) in [6.45, 7) is 3.61. The Hall–Kier alpha value is -2.36. The predicted octanol–water partition coefficient (Wildman–Crippen LogP) is 1.27. The van der Waals surface area contributed by atoms with Crippen molar-refractivity contribution in [1.82, 2.24) is 4.98 Å². The molecular formula is C12H12N2O2. The van der Waals surface area contributed by atoms with Gasteiger partial charge in [0, 0.05) is 11.1 Å². The zero-order valence-electron chi connectivity index (χ0n) is 8.64. The molecule has 0 spiro atoms. The van der Waals surface area contributed by atoms with Crippen molar-refractivity contribution in [3.63, 3.8) is 0 Å². The van der Waals surface area contributed by atoms with E-state index in [1.54, 1.807) is 12.1 Å². The second-order valence-corrected chi connectivity index (χ2v) is 2.98. The number of nitrogens with one attached hydrogen (secondary N) is 1. The van der Waals surface area contributed by atoms with Crippen molar-refractivity contribution in [2.75, 3.05) is 0 Å². The van der Waals surface area contributed by atoms with Gasteiger partial charge in [0.1, 0.15) is 0 Å². The van der Waals surface area contributed by atoms with Gasteiger partial charge in [-0.1, -0.05) is 24.8 Å². The second-order valence-electron chi connectivity index (χ2n) is 2.98. The molecule has 0 radical (unpaired) electrons. The third kappa shape index (κ3) is 2.57. The van der Waals surface area contributed by atoms with Crippen molar-refractivity contribution < 1.29 is 4.79 Å². The SMILES string of the molecule is C=Cc1cc2ccccc2c(=O)[nH]1.NC=O. The van der Waals surface area contributed by atoms with Gasteiger partial charge in [-0.05, 0) is 23.6 Å². The molecule has 82 valence electrons. The van der Waals surface area contributed by atoms with Crippen LogP contribution >= 0.6 is 0 Å². The average Bonchev–Trinajstić information content (AvgIpc) is 2.30. The number of hydrogen-bond acceptors (Lipinski definition) is 2. The number of benzene rings is 1. The highest BCUT2D eigenvalue weighted by Crippen LogP contribution is 2.09. The van der Waals surface area contributed by atoms with Gasteiger partial charge in [-0.25, -0.2) is 0 Å². The Morgan fingerprint density at radius 2 is 1.94 bits per heavy atom. The summed E-state index contributed by atoms with van der Waals surface area (Å²) in [5, 5.41) is 1.66. The number of hydrogen-bond donors (Lipinski definition) is 2. The first kappa shape index (κ1) is 11.7. The van der Waals surface area contributed by atoms with Crippen molar-refractivity contribution in [3.05, 3.63) is 53.0 Å². The Morgan fingerprint density at radius 1 is 1.31 bits per heavy atom. The maximum atomic E-state index is 11.5. The lowest BCUT2D eigenvalue weighted by atomic mass is 10.1. The van der Waals surface area contributed by atoms with Gasteiger partial charge in [-0.3, -0.25) is 9.59 Å². The molecule has 0 aliphatic rings. The number of nitrogens with two attached hydrogens (primary N) is 1. The first-order chi connectivity index (χ1) is 7.72. The summed E-state index contributed by atoms with van der Waals surface area (Å²) in [6.07, 6.45) is 1.88.